The molecule has 0 heterocycles. The second-order valence-electron chi connectivity index (χ2n) is 5.02. The van der Waals surface area contributed by atoms with Crippen molar-refractivity contribution in [3.8, 4) is 0 Å². The predicted octanol–water partition coefficient (Wildman–Crippen LogP) is 7.10. The maximum absolute atomic E-state index is 11.1. The molecule has 25 heavy (non-hydrogen) atoms. The Morgan fingerprint density at radius 2 is 1.20 bits per heavy atom. The summed E-state index contributed by atoms with van der Waals surface area (Å²) < 4.78 is 4.59. The largest absolute Gasteiger partial charge is 0.465 e. The van der Waals surface area contributed by atoms with Gasteiger partial charge in [0.05, 0.1) is 12.7 Å². The molecule has 2 aromatic carbocycles. The van der Waals surface area contributed by atoms with Gasteiger partial charge in [-0.25, -0.2) is 4.79 Å². The van der Waals surface area contributed by atoms with Crippen molar-refractivity contribution in [2.75, 3.05) is 7.11 Å². The molecule has 0 fully saturated rings. The first-order chi connectivity index (χ1) is 11.8. The van der Waals surface area contributed by atoms with Crippen LogP contribution >= 0.6 is 11.6 Å². The summed E-state index contributed by atoms with van der Waals surface area (Å²) in [6.07, 6.45) is 0. The predicted molar refractivity (Wildman–Crippen MR) is 111 cm³/mol. The van der Waals surface area contributed by atoms with E-state index in [9.17, 15) is 4.79 Å². The molecule has 2 nitrogen and oxygen atoms in total. The molecule has 0 unspecified atom stereocenters. The molecule has 2 aromatic rings. The highest BCUT2D eigenvalue weighted by atomic mass is 35.5. The van der Waals surface area contributed by atoms with Crippen LogP contribution in [0, 0.1) is 27.7 Å². The van der Waals surface area contributed by atoms with E-state index in [0.29, 0.717) is 5.56 Å². The number of ether oxygens (including phenoxy) is 1. The van der Waals surface area contributed by atoms with Gasteiger partial charge in [0.1, 0.15) is 0 Å². The molecule has 0 radical (unpaired) electrons. The van der Waals surface area contributed by atoms with E-state index in [-0.39, 0.29) is 5.97 Å². The molecule has 0 aliphatic heterocycles. The third-order valence-corrected chi connectivity index (χ3v) is 3.63. The molecule has 140 valence electrons. The van der Waals surface area contributed by atoms with Crippen molar-refractivity contribution in [3.63, 3.8) is 0 Å². The minimum atomic E-state index is -0.280. The first kappa shape index (κ1) is 25.4. The first-order valence-corrected chi connectivity index (χ1v) is 9.11. The van der Waals surface area contributed by atoms with Crippen LogP contribution in [0.2, 0.25) is 5.02 Å². The van der Waals surface area contributed by atoms with Gasteiger partial charge in [-0.3, -0.25) is 0 Å². The van der Waals surface area contributed by atoms with Gasteiger partial charge in [-0.15, -0.1) is 0 Å². The minimum Gasteiger partial charge on any atom is -0.465 e. The number of hydrogen-bond donors (Lipinski definition) is 0. The number of rotatable bonds is 1. The fraction of sp³-hybridized carbons (Fsp3) is 0.409. The highest BCUT2D eigenvalue weighted by Crippen LogP contribution is 2.13. The van der Waals surface area contributed by atoms with Crippen LogP contribution in [-0.4, -0.2) is 13.1 Å². The van der Waals surface area contributed by atoms with Gasteiger partial charge in [0, 0.05) is 5.02 Å². The summed E-state index contributed by atoms with van der Waals surface area (Å²) in [7, 11) is 1.39. The van der Waals surface area contributed by atoms with E-state index in [1.807, 2.05) is 71.9 Å². The van der Waals surface area contributed by atoms with Crippen molar-refractivity contribution in [2.24, 2.45) is 0 Å². The summed E-state index contributed by atoms with van der Waals surface area (Å²) >= 11 is 5.72. The van der Waals surface area contributed by atoms with E-state index >= 15 is 0 Å². The van der Waals surface area contributed by atoms with Crippen LogP contribution in [0.1, 0.15) is 60.3 Å². The van der Waals surface area contributed by atoms with E-state index in [1.165, 1.54) is 23.8 Å². The van der Waals surface area contributed by atoms with E-state index in [4.69, 9.17) is 11.6 Å². The van der Waals surface area contributed by atoms with E-state index in [2.05, 4.69) is 18.6 Å². The molecule has 2 rings (SSSR count). The molecule has 0 atom stereocenters. The Morgan fingerprint density at radius 1 is 0.760 bits per heavy atom. The number of benzene rings is 2. The minimum absolute atomic E-state index is 0.280. The van der Waals surface area contributed by atoms with Crippen LogP contribution in [0.4, 0.5) is 0 Å². The Labute approximate surface area is 159 Å². The van der Waals surface area contributed by atoms with E-state index in [1.54, 1.807) is 6.07 Å². The van der Waals surface area contributed by atoms with E-state index < -0.39 is 0 Å². The van der Waals surface area contributed by atoms with Gasteiger partial charge in [-0.2, -0.15) is 0 Å². The highest BCUT2D eigenvalue weighted by Gasteiger charge is 2.04. The number of esters is 1. The fourth-order valence-corrected chi connectivity index (χ4v) is 1.92. The van der Waals surface area contributed by atoms with Crippen LogP contribution in [0.15, 0.2) is 36.4 Å². The third-order valence-electron chi connectivity index (χ3n) is 3.40. The molecule has 0 aliphatic rings. The Balaban J connectivity index is 0. The number of aryl methyl sites for hydroxylation is 4. The Kier molecular flexibility index (Phi) is 14.8. The van der Waals surface area contributed by atoms with Gasteiger partial charge in [0.25, 0.3) is 0 Å². The molecular weight excluding hydrogens is 332 g/mol. The van der Waals surface area contributed by atoms with Crippen LogP contribution in [0.25, 0.3) is 0 Å². The summed E-state index contributed by atoms with van der Waals surface area (Å²) in [6.45, 7) is 16.1. The average Bonchev–Trinajstić information content (AvgIpc) is 2.64. The zero-order chi connectivity index (χ0) is 20.0. The van der Waals surface area contributed by atoms with Crippen molar-refractivity contribution in [1.82, 2.24) is 0 Å². The summed E-state index contributed by atoms with van der Waals surface area (Å²) in [5, 5.41) is 0.818. The lowest BCUT2D eigenvalue weighted by molar-refractivity contribution is 0.0600. The van der Waals surface area contributed by atoms with E-state index in [0.717, 1.165) is 10.6 Å². The highest BCUT2D eigenvalue weighted by molar-refractivity contribution is 6.30. The average molecular weight is 365 g/mol. The molecule has 0 saturated carbocycles. The summed E-state index contributed by atoms with van der Waals surface area (Å²) in [5.41, 5.74) is 5.45. The lowest BCUT2D eigenvalue weighted by Gasteiger charge is -2.02. The molecule has 0 bridgehead atoms. The number of halogens is 1. The van der Waals surface area contributed by atoms with Crippen molar-refractivity contribution >= 4 is 17.6 Å². The van der Waals surface area contributed by atoms with Crippen molar-refractivity contribution in [2.45, 2.75) is 55.4 Å². The molecular formula is C22H33ClO2. The van der Waals surface area contributed by atoms with Gasteiger partial charge in [-0.1, -0.05) is 51.4 Å². The molecule has 0 amide bonds. The number of carbonyl (C=O) groups is 1. The Morgan fingerprint density at radius 3 is 1.56 bits per heavy atom. The fourth-order valence-electron chi connectivity index (χ4n) is 1.69. The summed E-state index contributed by atoms with van der Waals surface area (Å²) in [6, 6.07) is 11.4. The smallest absolute Gasteiger partial charge is 0.337 e. The summed E-state index contributed by atoms with van der Waals surface area (Å²) in [5.74, 6) is -0.280. The topological polar surface area (TPSA) is 26.3 Å². The standard InChI is InChI=1S/C10H12O2.C8H9Cl.2C2H6/c1-7-4-5-9(6-8(7)2)10(11)12-3;1-6-3-4-8(9)5-7(6)2;2*1-2/h4-6H,1-3H3;3-5H,1-2H3;2*1-2H3. The molecule has 0 aliphatic carbocycles. The van der Waals surface area contributed by atoms with Gasteiger partial charge >= 0.3 is 5.97 Å². The van der Waals surface area contributed by atoms with Gasteiger partial charge < -0.3 is 4.74 Å². The second kappa shape index (κ2) is 14.5. The summed E-state index contributed by atoms with van der Waals surface area (Å²) in [4.78, 5) is 11.1. The molecule has 3 heteroatoms. The second-order valence-corrected chi connectivity index (χ2v) is 5.46. The van der Waals surface area contributed by atoms with Crippen molar-refractivity contribution < 1.29 is 9.53 Å². The normalized spacial score (nSPS) is 8.56. The lowest BCUT2D eigenvalue weighted by Crippen LogP contribution is -2.01. The SMILES string of the molecule is CC.CC.COC(=O)c1ccc(C)c(C)c1.Cc1ccc(Cl)cc1C. The number of hydrogen-bond acceptors (Lipinski definition) is 2. The van der Waals surface area contributed by atoms with Crippen LogP contribution < -0.4 is 0 Å². The first-order valence-electron chi connectivity index (χ1n) is 8.73. The lowest BCUT2D eigenvalue weighted by atomic mass is 10.1. The molecule has 0 aromatic heterocycles. The van der Waals surface area contributed by atoms with Crippen LogP contribution in [-0.2, 0) is 4.74 Å². The number of carbonyl (C=O) groups excluding carboxylic acids is 1. The zero-order valence-corrected chi connectivity index (χ0v) is 17.9. The van der Waals surface area contributed by atoms with Gasteiger partial charge in [-0.05, 0) is 74.2 Å². The maximum atomic E-state index is 11.1. The Bertz CT molecular complexity index is 634. The van der Waals surface area contributed by atoms with Crippen molar-refractivity contribution in [1.29, 1.82) is 0 Å². The monoisotopic (exact) mass is 364 g/mol. The third kappa shape index (κ3) is 9.93. The molecule has 0 N–H and O–H groups in total. The van der Waals surface area contributed by atoms with Crippen LogP contribution in [0.5, 0.6) is 0 Å². The quantitative estimate of drug-likeness (QED) is 0.504. The van der Waals surface area contributed by atoms with Crippen molar-refractivity contribution in [3.05, 3.63) is 69.2 Å². The van der Waals surface area contributed by atoms with Gasteiger partial charge in [0.15, 0.2) is 0 Å². The number of methoxy groups -OCH3 is 1. The van der Waals surface area contributed by atoms with Crippen LogP contribution in [0.3, 0.4) is 0 Å². The molecule has 0 saturated heterocycles. The Hall–Kier alpha value is -1.80. The van der Waals surface area contributed by atoms with Gasteiger partial charge in [0.2, 0.25) is 0 Å². The maximum Gasteiger partial charge on any atom is 0.337 e. The molecule has 0 spiro atoms. The zero-order valence-electron chi connectivity index (χ0n) is 17.2.